The Morgan fingerprint density at radius 1 is 1.35 bits per heavy atom. The lowest BCUT2D eigenvalue weighted by Gasteiger charge is -2.23. The minimum Gasteiger partial charge on any atom is -0.388 e. The Balaban J connectivity index is 2.17. The molecule has 4 nitrogen and oxygen atoms in total. The van der Waals surface area contributed by atoms with Crippen molar-refractivity contribution in [3.63, 3.8) is 0 Å². The SMILES string of the molecule is COCCC(C)(O)CNC(=O)CCCc1ccccc1. The number of carbonyl (C=O) groups is 1. The van der Waals surface area contributed by atoms with E-state index >= 15 is 0 Å². The highest BCUT2D eigenvalue weighted by Crippen LogP contribution is 2.08. The van der Waals surface area contributed by atoms with Crippen molar-refractivity contribution < 1.29 is 14.6 Å². The van der Waals surface area contributed by atoms with E-state index in [0.29, 0.717) is 19.4 Å². The van der Waals surface area contributed by atoms with Gasteiger partial charge in [0.25, 0.3) is 0 Å². The molecule has 20 heavy (non-hydrogen) atoms. The number of amides is 1. The summed E-state index contributed by atoms with van der Waals surface area (Å²) in [5.74, 6) is -0.0152. The number of rotatable bonds is 9. The summed E-state index contributed by atoms with van der Waals surface area (Å²) in [5.41, 5.74) is 0.331. The molecule has 0 aliphatic carbocycles. The third-order valence-electron chi connectivity index (χ3n) is 3.22. The number of hydrogen-bond acceptors (Lipinski definition) is 3. The number of aliphatic hydroxyl groups is 1. The molecule has 0 saturated heterocycles. The summed E-state index contributed by atoms with van der Waals surface area (Å²) in [7, 11) is 1.60. The number of benzene rings is 1. The summed E-state index contributed by atoms with van der Waals surface area (Å²) >= 11 is 0. The average molecular weight is 279 g/mol. The van der Waals surface area contributed by atoms with E-state index in [0.717, 1.165) is 12.8 Å². The molecular formula is C16H25NO3. The van der Waals surface area contributed by atoms with Crippen LogP contribution in [0.2, 0.25) is 0 Å². The van der Waals surface area contributed by atoms with Gasteiger partial charge in [-0.05, 0) is 25.3 Å². The van der Waals surface area contributed by atoms with E-state index in [1.54, 1.807) is 14.0 Å². The van der Waals surface area contributed by atoms with Crippen LogP contribution < -0.4 is 5.32 Å². The van der Waals surface area contributed by atoms with Crippen LogP contribution in [0.5, 0.6) is 0 Å². The fourth-order valence-electron chi connectivity index (χ4n) is 1.89. The molecule has 1 amide bonds. The van der Waals surface area contributed by atoms with Crippen molar-refractivity contribution >= 4 is 5.91 Å². The maximum absolute atomic E-state index is 11.7. The second kappa shape index (κ2) is 8.72. The molecule has 1 aromatic rings. The van der Waals surface area contributed by atoms with E-state index in [4.69, 9.17) is 4.74 Å². The Kier molecular flexibility index (Phi) is 7.26. The maximum Gasteiger partial charge on any atom is 0.220 e. The largest absolute Gasteiger partial charge is 0.388 e. The van der Waals surface area contributed by atoms with Crippen LogP contribution in [0.25, 0.3) is 0 Å². The van der Waals surface area contributed by atoms with Crippen LogP contribution in [-0.4, -0.2) is 36.9 Å². The van der Waals surface area contributed by atoms with Crippen molar-refractivity contribution in [2.24, 2.45) is 0 Å². The smallest absolute Gasteiger partial charge is 0.220 e. The first-order valence-electron chi connectivity index (χ1n) is 7.05. The predicted molar refractivity (Wildman–Crippen MR) is 79.5 cm³/mol. The Morgan fingerprint density at radius 2 is 2.05 bits per heavy atom. The predicted octanol–water partition coefficient (Wildman–Crippen LogP) is 1.91. The summed E-state index contributed by atoms with van der Waals surface area (Å²) in [6, 6.07) is 10.1. The van der Waals surface area contributed by atoms with Gasteiger partial charge in [0, 0.05) is 33.1 Å². The minimum atomic E-state index is -0.912. The lowest BCUT2D eigenvalue weighted by atomic mass is 10.0. The molecule has 4 heteroatoms. The maximum atomic E-state index is 11.7. The fraction of sp³-hybridized carbons (Fsp3) is 0.562. The van der Waals surface area contributed by atoms with Crippen molar-refractivity contribution in [3.05, 3.63) is 35.9 Å². The van der Waals surface area contributed by atoms with Gasteiger partial charge in [0.05, 0.1) is 5.60 Å². The molecule has 0 radical (unpaired) electrons. The van der Waals surface area contributed by atoms with Crippen molar-refractivity contribution in [2.75, 3.05) is 20.3 Å². The summed E-state index contributed by atoms with van der Waals surface area (Å²) in [4.78, 5) is 11.7. The molecule has 112 valence electrons. The van der Waals surface area contributed by atoms with Crippen molar-refractivity contribution in [1.29, 1.82) is 0 Å². The van der Waals surface area contributed by atoms with E-state index in [1.165, 1.54) is 5.56 Å². The molecule has 0 heterocycles. The topological polar surface area (TPSA) is 58.6 Å². The molecule has 1 aromatic carbocycles. The van der Waals surface area contributed by atoms with E-state index in [9.17, 15) is 9.90 Å². The van der Waals surface area contributed by atoms with E-state index < -0.39 is 5.60 Å². The van der Waals surface area contributed by atoms with E-state index in [2.05, 4.69) is 17.4 Å². The summed E-state index contributed by atoms with van der Waals surface area (Å²) in [6.45, 7) is 2.45. The first-order valence-corrected chi connectivity index (χ1v) is 7.05. The highest BCUT2D eigenvalue weighted by molar-refractivity contribution is 5.75. The summed E-state index contributed by atoms with van der Waals surface area (Å²) < 4.78 is 4.93. The minimum absolute atomic E-state index is 0.0152. The average Bonchev–Trinajstić information content (AvgIpc) is 2.44. The Hall–Kier alpha value is -1.39. The van der Waals surface area contributed by atoms with E-state index in [1.807, 2.05) is 18.2 Å². The molecule has 0 saturated carbocycles. The Bertz CT molecular complexity index is 390. The van der Waals surface area contributed by atoms with Crippen LogP contribution >= 0.6 is 0 Å². The number of ether oxygens (including phenoxy) is 1. The summed E-state index contributed by atoms with van der Waals surface area (Å²) in [6.07, 6.45) is 2.70. The third-order valence-corrected chi connectivity index (χ3v) is 3.22. The van der Waals surface area contributed by atoms with Crippen LogP contribution in [-0.2, 0) is 16.0 Å². The molecule has 0 spiro atoms. The lowest BCUT2D eigenvalue weighted by molar-refractivity contribution is -0.122. The second-order valence-electron chi connectivity index (χ2n) is 5.36. The molecule has 0 bridgehead atoms. The van der Waals surface area contributed by atoms with Gasteiger partial charge in [-0.3, -0.25) is 4.79 Å². The molecule has 1 unspecified atom stereocenters. The molecule has 0 aromatic heterocycles. The normalized spacial score (nSPS) is 13.8. The van der Waals surface area contributed by atoms with Gasteiger partial charge in [-0.1, -0.05) is 30.3 Å². The van der Waals surface area contributed by atoms with Gasteiger partial charge < -0.3 is 15.2 Å². The molecule has 0 aliphatic heterocycles. The van der Waals surface area contributed by atoms with Gasteiger partial charge in [-0.2, -0.15) is 0 Å². The van der Waals surface area contributed by atoms with Crippen LogP contribution in [0.1, 0.15) is 31.7 Å². The van der Waals surface area contributed by atoms with Gasteiger partial charge in [-0.25, -0.2) is 0 Å². The molecule has 1 rings (SSSR count). The van der Waals surface area contributed by atoms with Crippen LogP contribution in [0.3, 0.4) is 0 Å². The molecule has 0 fully saturated rings. The van der Waals surface area contributed by atoms with Crippen LogP contribution in [0, 0.1) is 0 Å². The first kappa shape index (κ1) is 16.7. The third kappa shape index (κ3) is 7.26. The van der Waals surface area contributed by atoms with Crippen LogP contribution in [0.15, 0.2) is 30.3 Å². The molecule has 0 aliphatic rings. The zero-order chi connectivity index (χ0) is 14.8. The zero-order valence-corrected chi connectivity index (χ0v) is 12.4. The monoisotopic (exact) mass is 279 g/mol. The number of carbonyl (C=O) groups excluding carboxylic acids is 1. The van der Waals surface area contributed by atoms with E-state index in [-0.39, 0.29) is 12.5 Å². The van der Waals surface area contributed by atoms with Gasteiger partial charge in [0.2, 0.25) is 5.91 Å². The molecule has 2 N–H and O–H groups in total. The first-order chi connectivity index (χ1) is 9.53. The molecular weight excluding hydrogens is 254 g/mol. The van der Waals surface area contributed by atoms with Crippen molar-refractivity contribution in [3.8, 4) is 0 Å². The quantitative estimate of drug-likeness (QED) is 0.726. The van der Waals surface area contributed by atoms with Gasteiger partial charge >= 0.3 is 0 Å². The van der Waals surface area contributed by atoms with Crippen LogP contribution in [0.4, 0.5) is 0 Å². The fourth-order valence-corrected chi connectivity index (χ4v) is 1.89. The van der Waals surface area contributed by atoms with Crippen molar-refractivity contribution in [2.45, 2.75) is 38.2 Å². The standard InChI is InChI=1S/C16H25NO3/c1-16(19,11-12-20-2)13-17-15(18)10-6-9-14-7-4-3-5-8-14/h3-5,7-8,19H,6,9-13H2,1-2H3,(H,17,18). The number of hydrogen-bond donors (Lipinski definition) is 2. The highest BCUT2D eigenvalue weighted by Gasteiger charge is 2.20. The van der Waals surface area contributed by atoms with Gasteiger partial charge in [0.15, 0.2) is 0 Å². The number of nitrogens with one attached hydrogen (secondary N) is 1. The van der Waals surface area contributed by atoms with Gasteiger partial charge in [-0.15, -0.1) is 0 Å². The number of methoxy groups -OCH3 is 1. The Morgan fingerprint density at radius 3 is 2.70 bits per heavy atom. The summed E-state index contributed by atoms with van der Waals surface area (Å²) in [5, 5.41) is 12.8. The van der Waals surface area contributed by atoms with Gasteiger partial charge in [0.1, 0.15) is 0 Å². The lowest BCUT2D eigenvalue weighted by Crippen LogP contribution is -2.41. The van der Waals surface area contributed by atoms with Crippen molar-refractivity contribution in [1.82, 2.24) is 5.32 Å². The Labute approximate surface area is 121 Å². The second-order valence-corrected chi connectivity index (χ2v) is 5.36. The highest BCUT2D eigenvalue weighted by atomic mass is 16.5. The molecule has 1 atom stereocenters. The number of aryl methyl sites for hydroxylation is 1. The zero-order valence-electron chi connectivity index (χ0n) is 12.4.